The fraction of sp³-hybridized carbons (Fsp3) is 0.321. The summed E-state index contributed by atoms with van der Waals surface area (Å²) in [5.41, 5.74) is 3.07. The van der Waals surface area contributed by atoms with Gasteiger partial charge in [-0.15, -0.1) is 0 Å². The molecule has 0 spiro atoms. The highest BCUT2D eigenvalue weighted by atomic mass is 35.5. The maximum Gasteiger partial charge on any atom is 0.262 e. The molecule has 4 rings (SSSR count). The summed E-state index contributed by atoms with van der Waals surface area (Å²) in [5, 5.41) is 3.60. The number of ether oxygens (including phenoxy) is 2. The van der Waals surface area contributed by atoms with E-state index in [4.69, 9.17) is 21.1 Å². The summed E-state index contributed by atoms with van der Waals surface area (Å²) in [6.07, 6.45) is 1.02. The van der Waals surface area contributed by atoms with Crippen LogP contribution in [-0.4, -0.2) is 19.1 Å². The van der Waals surface area contributed by atoms with E-state index in [1.165, 1.54) is 5.56 Å². The monoisotopic (exact) mass is 463 g/mol. The molecule has 1 fully saturated rings. The molecule has 1 saturated heterocycles. The molecule has 172 valence electrons. The molecule has 1 heterocycles. The van der Waals surface area contributed by atoms with Gasteiger partial charge in [-0.05, 0) is 65.8 Å². The Kier molecular flexibility index (Phi) is 7.69. The molecular weight excluding hydrogens is 434 g/mol. The van der Waals surface area contributed by atoms with Crippen LogP contribution in [0.15, 0.2) is 78.9 Å². The van der Waals surface area contributed by atoms with Crippen molar-refractivity contribution in [2.45, 2.75) is 32.3 Å². The molecule has 0 radical (unpaired) electrons. The summed E-state index contributed by atoms with van der Waals surface area (Å²) in [7, 11) is 0. The fourth-order valence-electron chi connectivity index (χ4n) is 4.47. The first-order valence-corrected chi connectivity index (χ1v) is 11.8. The first kappa shape index (κ1) is 23.3. The summed E-state index contributed by atoms with van der Waals surface area (Å²) < 4.78 is 12.2. The number of rotatable bonds is 7. The molecule has 0 saturated carbocycles. The number of nitrogens with one attached hydrogen (secondary N) is 1. The van der Waals surface area contributed by atoms with Crippen molar-refractivity contribution in [3.63, 3.8) is 0 Å². The minimum atomic E-state index is -0.190. The van der Waals surface area contributed by atoms with E-state index in [0.29, 0.717) is 30.1 Å². The molecule has 33 heavy (non-hydrogen) atoms. The highest BCUT2D eigenvalue weighted by Gasteiger charge is 2.35. The summed E-state index contributed by atoms with van der Waals surface area (Å²) in [6.45, 7) is 5.10. The summed E-state index contributed by atoms with van der Waals surface area (Å²) in [5.74, 6) is 1.62. The summed E-state index contributed by atoms with van der Waals surface area (Å²) in [4.78, 5) is 12.2. The van der Waals surface area contributed by atoms with E-state index < -0.39 is 0 Å². The quantitative estimate of drug-likeness (QED) is 0.415. The Hall–Kier alpha value is -2.82. The van der Waals surface area contributed by atoms with Crippen molar-refractivity contribution in [1.82, 2.24) is 0 Å². The lowest BCUT2D eigenvalue weighted by molar-refractivity contribution is -0.118. The van der Waals surface area contributed by atoms with E-state index in [-0.39, 0.29) is 18.6 Å². The Morgan fingerprint density at radius 3 is 2.55 bits per heavy atom. The number of anilines is 1. The molecule has 5 heteroatoms. The van der Waals surface area contributed by atoms with Crippen molar-refractivity contribution in [1.29, 1.82) is 0 Å². The highest BCUT2D eigenvalue weighted by molar-refractivity contribution is 6.30. The van der Waals surface area contributed by atoms with Gasteiger partial charge in [0.2, 0.25) is 0 Å². The maximum atomic E-state index is 12.2. The van der Waals surface area contributed by atoms with E-state index >= 15 is 0 Å². The van der Waals surface area contributed by atoms with Crippen LogP contribution in [0.1, 0.15) is 43.4 Å². The van der Waals surface area contributed by atoms with Crippen LogP contribution in [-0.2, 0) is 9.53 Å². The van der Waals surface area contributed by atoms with Gasteiger partial charge in [-0.2, -0.15) is 0 Å². The molecule has 3 aromatic rings. The largest absolute Gasteiger partial charge is 0.484 e. The topological polar surface area (TPSA) is 47.6 Å². The number of carbonyl (C=O) groups is 1. The van der Waals surface area contributed by atoms with Crippen molar-refractivity contribution in [3.8, 4) is 5.75 Å². The number of para-hydroxylation sites is 1. The molecule has 1 aliphatic heterocycles. The second-order valence-electron chi connectivity index (χ2n) is 8.92. The van der Waals surface area contributed by atoms with Crippen LogP contribution in [0.2, 0.25) is 5.02 Å². The Balaban J connectivity index is 1.41. The molecule has 0 aromatic heterocycles. The van der Waals surface area contributed by atoms with Crippen LogP contribution < -0.4 is 10.1 Å². The zero-order chi connectivity index (χ0) is 23.2. The smallest absolute Gasteiger partial charge is 0.262 e. The number of hydrogen-bond acceptors (Lipinski definition) is 3. The Labute approximate surface area is 200 Å². The molecular formula is C28H30ClNO3. The lowest BCUT2D eigenvalue weighted by Gasteiger charge is -2.39. The normalized spacial score (nSPS) is 20.4. The molecule has 0 bridgehead atoms. The van der Waals surface area contributed by atoms with Crippen molar-refractivity contribution < 1.29 is 14.3 Å². The number of amides is 1. The molecule has 0 aliphatic carbocycles. The Morgan fingerprint density at radius 1 is 1.03 bits per heavy atom. The van der Waals surface area contributed by atoms with Crippen LogP contribution in [0.4, 0.5) is 5.69 Å². The van der Waals surface area contributed by atoms with Crippen LogP contribution in [0.3, 0.4) is 0 Å². The third-order valence-electron chi connectivity index (χ3n) is 6.21. The Morgan fingerprint density at radius 2 is 1.79 bits per heavy atom. The second kappa shape index (κ2) is 10.9. The van der Waals surface area contributed by atoms with Crippen molar-refractivity contribution in [3.05, 3.63) is 95.0 Å². The fourth-order valence-corrected chi connectivity index (χ4v) is 4.67. The second-order valence-corrected chi connectivity index (χ2v) is 9.36. The van der Waals surface area contributed by atoms with Gasteiger partial charge >= 0.3 is 0 Å². The molecule has 3 aromatic carbocycles. The number of benzene rings is 3. The van der Waals surface area contributed by atoms with E-state index in [0.717, 1.165) is 22.7 Å². The maximum absolute atomic E-state index is 12.2. The van der Waals surface area contributed by atoms with Crippen LogP contribution in [0.5, 0.6) is 5.75 Å². The summed E-state index contributed by atoms with van der Waals surface area (Å²) in [6, 6.07) is 25.4. The first-order valence-electron chi connectivity index (χ1n) is 11.4. The van der Waals surface area contributed by atoms with Gasteiger partial charge in [0, 0.05) is 16.6 Å². The van der Waals surface area contributed by atoms with Gasteiger partial charge in [0.15, 0.2) is 6.61 Å². The van der Waals surface area contributed by atoms with E-state index in [1.807, 2.05) is 66.7 Å². The van der Waals surface area contributed by atoms with Gasteiger partial charge in [-0.3, -0.25) is 4.79 Å². The molecule has 1 aliphatic rings. The van der Waals surface area contributed by atoms with Gasteiger partial charge in [0.1, 0.15) is 5.75 Å². The standard InChI is InChI=1S/C28H30ClNO3/c1-19(2)26-16-22(20-8-6-10-23(29)14-20)17-33-28(26)21-9-7-13-25(15-21)32-18-27(31)30-24-11-4-3-5-12-24/h3-15,19,22,26,28H,16-18H2,1-2H3,(H,30,31)/t22-,26-,28-/m0/s1. The minimum absolute atomic E-state index is 0.0119. The third kappa shape index (κ3) is 6.16. The van der Waals surface area contributed by atoms with Crippen LogP contribution in [0, 0.1) is 11.8 Å². The van der Waals surface area contributed by atoms with Gasteiger partial charge in [0.05, 0.1) is 12.7 Å². The van der Waals surface area contributed by atoms with E-state index in [2.05, 4.69) is 31.3 Å². The van der Waals surface area contributed by atoms with Crippen molar-refractivity contribution in [2.24, 2.45) is 11.8 Å². The zero-order valence-corrected chi connectivity index (χ0v) is 19.8. The number of carbonyl (C=O) groups excluding carboxylic acids is 1. The third-order valence-corrected chi connectivity index (χ3v) is 6.45. The molecule has 1 N–H and O–H groups in total. The first-order chi connectivity index (χ1) is 16.0. The lowest BCUT2D eigenvalue weighted by atomic mass is 9.76. The zero-order valence-electron chi connectivity index (χ0n) is 19.0. The predicted octanol–water partition coefficient (Wildman–Crippen LogP) is 6.87. The molecule has 1 amide bonds. The highest BCUT2D eigenvalue weighted by Crippen LogP contribution is 2.44. The van der Waals surface area contributed by atoms with Gasteiger partial charge < -0.3 is 14.8 Å². The van der Waals surface area contributed by atoms with Crippen LogP contribution >= 0.6 is 11.6 Å². The molecule has 3 atom stereocenters. The SMILES string of the molecule is CC(C)[C@@H]1C[C@H](c2cccc(Cl)c2)CO[C@H]1c1cccc(OCC(=O)Nc2ccccc2)c1. The Bertz CT molecular complexity index is 1070. The summed E-state index contributed by atoms with van der Waals surface area (Å²) >= 11 is 6.22. The minimum Gasteiger partial charge on any atom is -0.484 e. The van der Waals surface area contributed by atoms with Crippen molar-refractivity contribution in [2.75, 3.05) is 18.5 Å². The van der Waals surface area contributed by atoms with E-state index in [9.17, 15) is 4.79 Å². The van der Waals surface area contributed by atoms with Gasteiger partial charge in [-0.25, -0.2) is 0 Å². The van der Waals surface area contributed by atoms with E-state index in [1.54, 1.807) is 0 Å². The van der Waals surface area contributed by atoms with Crippen molar-refractivity contribution >= 4 is 23.2 Å². The number of hydrogen-bond donors (Lipinski definition) is 1. The molecule has 4 nitrogen and oxygen atoms in total. The van der Waals surface area contributed by atoms with Crippen LogP contribution in [0.25, 0.3) is 0 Å². The van der Waals surface area contributed by atoms with Gasteiger partial charge in [-0.1, -0.05) is 67.9 Å². The predicted molar refractivity (Wildman–Crippen MR) is 133 cm³/mol. The average Bonchev–Trinajstić information content (AvgIpc) is 2.83. The van der Waals surface area contributed by atoms with Gasteiger partial charge in [0.25, 0.3) is 5.91 Å². The average molecular weight is 464 g/mol. The number of halogens is 1. The lowest BCUT2D eigenvalue weighted by Crippen LogP contribution is -2.31. The molecule has 0 unspecified atom stereocenters.